The van der Waals surface area contributed by atoms with Crippen LogP contribution in [0.1, 0.15) is 49.5 Å². The summed E-state index contributed by atoms with van der Waals surface area (Å²) in [6.45, 7) is 6.12. The molecule has 1 saturated carbocycles. The molecule has 0 saturated heterocycles. The molecule has 6 heteroatoms. The normalized spacial score (nSPS) is 23.0. The van der Waals surface area contributed by atoms with Gasteiger partial charge < -0.3 is 10.6 Å². The Labute approximate surface area is 146 Å². The van der Waals surface area contributed by atoms with Crippen LogP contribution in [-0.2, 0) is 11.3 Å². The zero-order chi connectivity index (χ0) is 17.3. The third-order valence-corrected chi connectivity index (χ3v) is 5.52. The Bertz CT molecular complexity index is 601. The molecule has 1 aliphatic carbocycles. The monoisotopic (exact) mass is 356 g/mol. The smallest absolute Gasteiger partial charge is 0.251 e. The fourth-order valence-corrected chi connectivity index (χ4v) is 2.91. The predicted molar refractivity (Wildman–Crippen MR) is 92.7 cm³/mol. The lowest BCUT2D eigenvalue weighted by Gasteiger charge is -2.13. The average Bonchev–Trinajstić information content (AvgIpc) is 3.04. The molecule has 1 aliphatic rings. The molecular formula is C17H22Cl2N2O2. The minimum Gasteiger partial charge on any atom is -0.351 e. The van der Waals surface area contributed by atoms with E-state index < -0.39 is 9.75 Å². The molecule has 2 atom stereocenters. The van der Waals surface area contributed by atoms with Crippen molar-refractivity contribution in [3.8, 4) is 0 Å². The summed E-state index contributed by atoms with van der Waals surface area (Å²) in [4.78, 5) is 24.1. The molecule has 2 N–H and O–H groups in total. The molecule has 1 aromatic carbocycles. The van der Waals surface area contributed by atoms with Gasteiger partial charge in [-0.25, -0.2) is 0 Å². The number of amides is 2. The Morgan fingerprint density at radius 1 is 1.26 bits per heavy atom. The van der Waals surface area contributed by atoms with Crippen molar-refractivity contribution < 1.29 is 9.59 Å². The zero-order valence-corrected chi connectivity index (χ0v) is 15.1. The Hall–Kier alpha value is -1.26. The maximum atomic E-state index is 12.1. The van der Waals surface area contributed by atoms with E-state index in [1.165, 1.54) is 0 Å². The van der Waals surface area contributed by atoms with Gasteiger partial charge in [0.1, 0.15) is 4.33 Å². The summed E-state index contributed by atoms with van der Waals surface area (Å²) in [5.74, 6) is -0.240. The van der Waals surface area contributed by atoms with Gasteiger partial charge in [-0.1, -0.05) is 19.1 Å². The standard InChI is InChI=1S/C17H22Cl2N2O2/c1-4-11(2)21-14(22)13-7-5-12(6-8-13)9-20-15(23)16(3)10-17(16,18)19/h5-8,11H,4,9-10H2,1-3H3,(H,20,23)(H,21,22)/t11-,16-/m1/s1. The predicted octanol–water partition coefficient (Wildman–Crippen LogP) is 3.42. The van der Waals surface area contributed by atoms with Crippen LogP contribution < -0.4 is 10.6 Å². The van der Waals surface area contributed by atoms with E-state index in [0.29, 0.717) is 18.5 Å². The van der Waals surface area contributed by atoms with Crippen molar-refractivity contribution in [2.75, 3.05) is 0 Å². The van der Waals surface area contributed by atoms with Crippen molar-refractivity contribution in [1.82, 2.24) is 10.6 Å². The van der Waals surface area contributed by atoms with Crippen LogP contribution in [0.25, 0.3) is 0 Å². The molecule has 0 radical (unpaired) electrons. The van der Waals surface area contributed by atoms with E-state index in [0.717, 1.165) is 12.0 Å². The second-order valence-corrected chi connectivity index (χ2v) is 7.86. The van der Waals surface area contributed by atoms with Gasteiger partial charge >= 0.3 is 0 Å². The zero-order valence-electron chi connectivity index (χ0n) is 13.6. The second kappa shape index (κ2) is 6.70. The first-order valence-corrected chi connectivity index (χ1v) is 8.51. The highest BCUT2D eigenvalue weighted by atomic mass is 35.5. The summed E-state index contributed by atoms with van der Waals surface area (Å²) < 4.78 is -0.963. The molecule has 1 fully saturated rings. The first kappa shape index (κ1) is 18.1. The molecule has 2 rings (SSSR count). The molecular weight excluding hydrogens is 335 g/mol. The van der Waals surface area contributed by atoms with Crippen LogP contribution in [0, 0.1) is 5.41 Å². The number of hydrogen-bond acceptors (Lipinski definition) is 2. The molecule has 0 aromatic heterocycles. The summed E-state index contributed by atoms with van der Waals surface area (Å²) in [5, 5.41) is 5.75. The summed E-state index contributed by atoms with van der Waals surface area (Å²) in [7, 11) is 0. The molecule has 0 bridgehead atoms. The summed E-state index contributed by atoms with van der Waals surface area (Å²) in [5.41, 5.74) is 0.805. The Morgan fingerprint density at radius 2 is 1.83 bits per heavy atom. The summed E-state index contributed by atoms with van der Waals surface area (Å²) >= 11 is 12.0. The molecule has 0 heterocycles. The molecule has 0 spiro atoms. The Morgan fingerprint density at radius 3 is 2.30 bits per heavy atom. The van der Waals surface area contributed by atoms with Crippen LogP contribution in [0.5, 0.6) is 0 Å². The minimum absolute atomic E-state index is 0.0884. The number of carbonyl (C=O) groups excluding carboxylic acids is 2. The fraction of sp³-hybridized carbons (Fsp3) is 0.529. The van der Waals surface area contributed by atoms with E-state index in [4.69, 9.17) is 23.2 Å². The van der Waals surface area contributed by atoms with E-state index in [-0.39, 0.29) is 17.9 Å². The molecule has 4 nitrogen and oxygen atoms in total. The highest BCUT2D eigenvalue weighted by Crippen LogP contribution is 2.63. The van der Waals surface area contributed by atoms with E-state index in [1.807, 2.05) is 26.0 Å². The first-order chi connectivity index (χ1) is 10.7. The first-order valence-electron chi connectivity index (χ1n) is 7.75. The molecule has 0 aliphatic heterocycles. The van der Waals surface area contributed by atoms with E-state index in [2.05, 4.69) is 10.6 Å². The number of nitrogens with one attached hydrogen (secondary N) is 2. The van der Waals surface area contributed by atoms with Gasteiger partial charge in [0.25, 0.3) is 5.91 Å². The van der Waals surface area contributed by atoms with Crippen LogP contribution >= 0.6 is 23.2 Å². The maximum absolute atomic E-state index is 12.1. The van der Waals surface area contributed by atoms with Crippen molar-refractivity contribution in [3.05, 3.63) is 35.4 Å². The molecule has 126 valence electrons. The lowest BCUT2D eigenvalue weighted by atomic mass is 10.1. The van der Waals surface area contributed by atoms with Crippen LogP contribution in [0.15, 0.2) is 24.3 Å². The van der Waals surface area contributed by atoms with Gasteiger partial charge in [0.15, 0.2) is 0 Å². The number of rotatable bonds is 6. The SMILES string of the molecule is CC[C@@H](C)NC(=O)c1ccc(CNC(=O)[C@@]2(C)CC2(Cl)Cl)cc1. The van der Waals surface area contributed by atoms with Gasteiger partial charge in [-0.3, -0.25) is 9.59 Å². The third-order valence-electron chi connectivity index (χ3n) is 4.42. The van der Waals surface area contributed by atoms with E-state index in [9.17, 15) is 9.59 Å². The van der Waals surface area contributed by atoms with Crippen LogP contribution in [-0.4, -0.2) is 22.2 Å². The third kappa shape index (κ3) is 3.99. The molecule has 2 amide bonds. The fourth-order valence-electron chi connectivity index (χ4n) is 2.21. The minimum atomic E-state index is -0.963. The summed E-state index contributed by atoms with van der Waals surface area (Å²) in [6.07, 6.45) is 1.35. The highest BCUT2D eigenvalue weighted by Gasteiger charge is 2.67. The number of alkyl halides is 2. The van der Waals surface area contributed by atoms with Crippen molar-refractivity contribution >= 4 is 35.0 Å². The average molecular weight is 357 g/mol. The number of carbonyl (C=O) groups is 2. The quantitative estimate of drug-likeness (QED) is 0.767. The molecule has 1 aromatic rings. The molecule has 0 unspecified atom stereocenters. The van der Waals surface area contributed by atoms with Crippen LogP contribution in [0.4, 0.5) is 0 Å². The van der Waals surface area contributed by atoms with Gasteiger partial charge in [0.2, 0.25) is 5.91 Å². The maximum Gasteiger partial charge on any atom is 0.251 e. The lowest BCUT2D eigenvalue weighted by molar-refractivity contribution is -0.125. The van der Waals surface area contributed by atoms with Gasteiger partial charge in [-0.05, 0) is 44.4 Å². The van der Waals surface area contributed by atoms with Gasteiger partial charge in [-0.2, -0.15) is 0 Å². The van der Waals surface area contributed by atoms with E-state index >= 15 is 0 Å². The van der Waals surface area contributed by atoms with Gasteiger partial charge in [0, 0.05) is 18.2 Å². The van der Waals surface area contributed by atoms with Crippen molar-refractivity contribution in [2.45, 2.75) is 50.5 Å². The van der Waals surface area contributed by atoms with Crippen molar-refractivity contribution in [2.24, 2.45) is 5.41 Å². The van der Waals surface area contributed by atoms with E-state index in [1.54, 1.807) is 19.1 Å². The Kier molecular flexibility index (Phi) is 5.27. The topological polar surface area (TPSA) is 58.2 Å². The van der Waals surface area contributed by atoms with Gasteiger partial charge in [-0.15, -0.1) is 23.2 Å². The molecule has 23 heavy (non-hydrogen) atoms. The van der Waals surface area contributed by atoms with Crippen molar-refractivity contribution in [3.63, 3.8) is 0 Å². The second-order valence-electron chi connectivity index (χ2n) is 6.38. The van der Waals surface area contributed by atoms with Crippen LogP contribution in [0.3, 0.4) is 0 Å². The highest BCUT2D eigenvalue weighted by molar-refractivity contribution is 6.53. The summed E-state index contributed by atoms with van der Waals surface area (Å²) in [6, 6.07) is 7.31. The van der Waals surface area contributed by atoms with Crippen molar-refractivity contribution in [1.29, 1.82) is 0 Å². The number of benzene rings is 1. The van der Waals surface area contributed by atoms with Crippen LogP contribution in [0.2, 0.25) is 0 Å². The Balaban J connectivity index is 1.88. The van der Waals surface area contributed by atoms with Gasteiger partial charge in [0.05, 0.1) is 5.41 Å². The lowest BCUT2D eigenvalue weighted by Crippen LogP contribution is -2.33. The number of halogens is 2. The number of hydrogen-bond donors (Lipinski definition) is 2. The largest absolute Gasteiger partial charge is 0.351 e.